The Morgan fingerprint density at radius 2 is 2.00 bits per heavy atom. The van der Waals surface area contributed by atoms with Crippen LogP contribution in [0.15, 0.2) is 36.4 Å². The minimum atomic E-state index is -0.658. The maximum Gasteiger partial charge on any atom is 0.255 e. The molecule has 1 N–H and O–H groups in total. The van der Waals surface area contributed by atoms with E-state index in [1.807, 2.05) is 32.1 Å². The van der Waals surface area contributed by atoms with Gasteiger partial charge in [0.05, 0.1) is 13.2 Å². The fraction of sp³-hybridized carbons (Fsp3) is 0.360. The number of amides is 4. The third-order valence-corrected chi connectivity index (χ3v) is 6.79. The summed E-state index contributed by atoms with van der Waals surface area (Å²) < 4.78 is 11.3. The van der Waals surface area contributed by atoms with Crippen molar-refractivity contribution in [3.8, 4) is 5.75 Å². The molecule has 35 heavy (non-hydrogen) atoms. The number of nitrogens with one attached hydrogen (secondary N) is 1. The Kier molecular flexibility index (Phi) is 6.30. The van der Waals surface area contributed by atoms with Crippen LogP contribution in [0.25, 0.3) is 0 Å². The predicted molar refractivity (Wildman–Crippen MR) is 128 cm³/mol. The molecule has 2 fully saturated rings. The highest BCUT2D eigenvalue weighted by Gasteiger charge is 2.40. The summed E-state index contributed by atoms with van der Waals surface area (Å²) in [4.78, 5) is 52.1. The molecule has 10 heteroatoms. The highest BCUT2D eigenvalue weighted by atomic mass is 16.5. The van der Waals surface area contributed by atoms with E-state index in [1.54, 1.807) is 17.0 Å². The van der Waals surface area contributed by atoms with Gasteiger partial charge in [0.1, 0.15) is 32.9 Å². The van der Waals surface area contributed by atoms with Gasteiger partial charge in [-0.3, -0.25) is 24.5 Å². The zero-order chi connectivity index (χ0) is 24.5. The van der Waals surface area contributed by atoms with Crippen LogP contribution in [0.4, 0.5) is 0 Å². The van der Waals surface area contributed by atoms with Crippen molar-refractivity contribution in [1.29, 1.82) is 0 Å². The zero-order valence-electron chi connectivity index (χ0n) is 19.5. The molecular weight excluding hydrogens is 449 g/mol. The molecule has 3 heterocycles. The first-order valence-electron chi connectivity index (χ1n) is 11.7. The molecule has 4 amide bonds. The van der Waals surface area contributed by atoms with Gasteiger partial charge in [0.15, 0.2) is 0 Å². The maximum absolute atomic E-state index is 13.0. The van der Waals surface area contributed by atoms with E-state index in [-0.39, 0.29) is 37.3 Å². The Balaban J connectivity index is 1.26. The summed E-state index contributed by atoms with van der Waals surface area (Å²) in [7, 11) is 2.01. The number of fused-ring (bicyclic) bond motifs is 1. The molecule has 2 aromatic rings. The van der Waals surface area contributed by atoms with Gasteiger partial charge in [-0.15, -0.1) is 0 Å². The number of benzene rings is 2. The van der Waals surface area contributed by atoms with Gasteiger partial charge in [0, 0.05) is 30.6 Å². The van der Waals surface area contributed by atoms with Crippen LogP contribution in [-0.2, 0) is 38.8 Å². The van der Waals surface area contributed by atoms with Crippen molar-refractivity contribution < 1.29 is 28.7 Å². The lowest BCUT2D eigenvalue weighted by Gasteiger charge is -2.29. The van der Waals surface area contributed by atoms with Crippen LogP contribution in [0, 0.1) is 0 Å². The van der Waals surface area contributed by atoms with E-state index < -0.39 is 11.9 Å². The smallest absolute Gasteiger partial charge is 0.255 e. The Morgan fingerprint density at radius 1 is 1.14 bits per heavy atom. The third kappa shape index (κ3) is 4.66. The van der Waals surface area contributed by atoms with Crippen molar-refractivity contribution in [3.05, 3.63) is 58.7 Å². The Morgan fingerprint density at radius 3 is 2.77 bits per heavy atom. The monoisotopic (exact) mass is 475 g/mol. The van der Waals surface area contributed by atoms with Gasteiger partial charge in [-0.1, -0.05) is 29.7 Å². The summed E-state index contributed by atoms with van der Waals surface area (Å²) in [5.74, 6) is -0.359. The van der Waals surface area contributed by atoms with Gasteiger partial charge in [-0.25, -0.2) is 0 Å². The summed E-state index contributed by atoms with van der Waals surface area (Å²) in [5, 5.41) is 2.32. The molecule has 2 aromatic carbocycles. The van der Waals surface area contributed by atoms with Crippen LogP contribution in [0.1, 0.15) is 39.9 Å². The fourth-order valence-corrected chi connectivity index (χ4v) is 4.80. The molecular formula is C25H26BN3O6. The molecule has 1 unspecified atom stereocenters. The van der Waals surface area contributed by atoms with E-state index >= 15 is 0 Å². The van der Waals surface area contributed by atoms with Crippen molar-refractivity contribution in [2.75, 3.05) is 19.8 Å². The minimum Gasteiger partial charge on any atom is -0.489 e. The van der Waals surface area contributed by atoms with Gasteiger partial charge < -0.3 is 19.3 Å². The van der Waals surface area contributed by atoms with E-state index in [0.29, 0.717) is 44.0 Å². The number of hydrogen-bond acceptors (Lipinski definition) is 6. The first-order valence-corrected chi connectivity index (χ1v) is 11.7. The molecule has 3 aliphatic rings. The fourth-order valence-electron chi connectivity index (χ4n) is 4.80. The van der Waals surface area contributed by atoms with Gasteiger partial charge in [-0.05, 0) is 29.7 Å². The van der Waals surface area contributed by atoms with E-state index in [0.717, 1.165) is 22.2 Å². The van der Waals surface area contributed by atoms with E-state index in [4.69, 9.17) is 9.47 Å². The second-order valence-corrected chi connectivity index (χ2v) is 9.10. The van der Waals surface area contributed by atoms with Crippen molar-refractivity contribution in [2.45, 2.75) is 38.6 Å². The van der Waals surface area contributed by atoms with Crippen molar-refractivity contribution in [1.82, 2.24) is 15.1 Å². The normalized spacial score (nSPS) is 20.2. The topological polar surface area (TPSA) is 105 Å². The second-order valence-electron chi connectivity index (χ2n) is 9.10. The van der Waals surface area contributed by atoms with Crippen molar-refractivity contribution >= 4 is 36.9 Å². The summed E-state index contributed by atoms with van der Waals surface area (Å²) in [5.41, 5.74) is 4.40. The number of carbonyl (C=O) groups is 4. The Labute approximate surface area is 203 Å². The van der Waals surface area contributed by atoms with Crippen molar-refractivity contribution in [3.63, 3.8) is 0 Å². The summed E-state index contributed by atoms with van der Waals surface area (Å²) >= 11 is 0. The highest BCUT2D eigenvalue weighted by molar-refractivity contribution is 6.33. The molecule has 180 valence electrons. The molecule has 0 radical (unpaired) electrons. The summed E-state index contributed by atoms with van der Waals surface area (Å²) in [6.45, 7) is 2.43. The van der Waals surface area contributed by atoms with Crippen LogP contribution < -0.4 is 15.5 Å². The third-order valence-electron chi connectivity index (χ3n) is 6.79. The molecule has 3 aliphatic heterocycles. The van der Waals surface area contributed by atoms with E-state index in [9.17, 15) is 19.2 Å². The lowest BCUT2D eigenvalue weighted by atomic mass is 9.88. The number of nitrogens with zero attached hydrogens (tertiary/aromatic N) is 2. The lowest BCUT2D eigenvalue weighted by molar-refractivity contribution is -0.143. The maximum atomic E-state index is 13.0. The van der Waals surface area contributed by atoms with Crippen molar-refractivity contribution in [2.24, 2.45) is 0 Å². The van der Waals surface area contributed by atoms with E-state index in [2.05, 4.69) is 5.32 Å². The average Bonchev–Trinajstić information content (AvgIpc) is 3.17. The zero-order valence-corrected chi connectivity index (χ0v) is 19.5. The van der Waals surface area contributed by atoms with Crippen LogP contribution in [-0.4, -0.2) is 67.1 Å². The number of rotatable bonds is 6. The quantitative estimate of drug-likeness (QED) is 0.452. The Hall–Kier alpha value is -3.66. The Bertz CT molecular complexity index is 1220. The summed E-state index contributed by atoms with van der Waals surface area (Å²) in [6.07, 6.45) is 0.539. The predicted octanol–water partition coefficient (Wildman–Crippen LogP) is -0.356. The van der Waals surface area contributed by atoms with Gasteiger partial charge in [-0.2, -0.15) is 0 Å². The van der Waals surface area contributed by atoms with Crippen LogP contribution in [0.3, 0.4) is 0 Å². The van der Waals surface area contributed by atoms with Crippen LogP contribution >= 0.6 is 0 Å². The standard InChI is InChI=1S/C25H26BN3O6/c26-19-10-15(4-5-16(19)11-28-8-9-34-14-23(28)31)13-35-21-3-1-2-17-18(21)12-29(25(17)33)20-6-7-22(30)27-24(20)32/h1-5,10,20H,6-9,11-14,26H2,(H,27,30,32). The van der Waals surface area contributed by atoms with Crippen LogP contribution in [0.5, 0.6) is 5.75 Å². The molecule has 0 aliphatic carbocycles. The molecule has 0 bridgehead atoms. The molecule has 0 aromatic heterocycles. The molecule has 9 nitrogen and oxygen atoms in total. The van der Waals surface area contributed by atoms with Gasteiger partial charge >= 0.3 is 0 Å². The summed E-state index contributed by atoms with van der Waals surface area (Å²) in [6, 6.07) is 10.7. The van der Waals surface area contributed by atoms with Gasteiger partial charge in [0.25, 0.3) is 5.91 Å². The van der Waals surface area contributed by atoms with Crippen LogP contribution in [0.2, 0.25) is 0 Å². The minimum absolute atomic E-state index is 0.00175. The second kappa shape index (κ2) is 9.54. The molecule has 0 saturated carbocycles. The number of carbonyl (C=O) groups excluding carboxylic acids is 4. The first-order chi connectivity index (χ1) is 16.9. The number of piperidine rings is 1. The molecule has 0 spiro atoms. The number of hydrogen-bond donors (Lipinski definition) is 1. The average molecular weight is 475 g/mol. The number of imide groups is 1. The lowest BCUT2D eigenvalue weighted by Crippen LogP contribution is -2.52. The SMILES string of the molecule is Bc1cc(COc2cccc3c2CN(C2CCC(=O)NC2=O)C3=O)ccc1CN1CCOCC1=O. The molecule has 1 atom stereocenters. The molecule has 2 saturated heterocycles. The molecule has 5 rings (SSSR count). The largest absolute Gasteiger partial charge is 0.489 e. The number of morpholine rings is 1. The van der Waals surface area contributed by atoms with E-state index in [1.165, 1.54) is 4.90 Å². The van der Waals surface area contributed by atoms with Gasteiger partial charge in [0.2, 0.25) is 17.7 Å². The first kappa shape index (κ1) is 23.1. The highest BCUT2D eigenvalue weighted by Crippen LogP contribution is 2.33. The number of ether oxygens (including phenoxy) is 2.